The predicted molar refractivity (Wildman–Crippen MR) is 93.7 cm³/mol. The third-order valence-electron chi connectivity index (χ3n) is 3.97. The number of hydrogen-bond acceptors (Lipinski definition) is 6. The van der Waals surface area contributed by atoms with Crippen molar-refractivity contribution in [1.29, 1.82) is 0 Å². The van der Waals surface area contributed by atoms with E-state index in [1.165, 1.54) is 7.11 Å². The van der Waals surface area contributed by atoms with E-state index in [4.69, 9.17) is 19.7 Å². The van der Waals surface area contributed by atoms with E-state index < -0.39 is 5.97 Å². The van der Waals surface area contributed by atoms with E-state index in [-0.39, 0.29) is 18.2 Å². The molecule has 0 aliphatic rings. The first-order valence-electron chi connectivity index (χ1n) is 7.99. The first-order chi connectivity index (χ1) is 12.1. The van der Waals surface area contributed by atoms with E-state index in [1.54, 1.807) is 6.07 Å². The Morgan fingerprint density at radius 3 is 2.72 bits per heavy atom. The number of esters is 1. The molecular weight excluding hydrogens is 320 g/mol. The predicted octanol–water partition coefficient (Wildman–Crippen LogP) is 2.87. The first-order valence-corrected chi connectivity index (χ1v) is 7.99. The van der Waals surface area contributed by atoms with Crippen molar-refractivity contribution in [3.8, 4) is 5.75 Å². The molecule has 1 aromatic heterocycles. The van der Waals surface area contributed by atoms with Gasteiger partial charge in [0.15, 0.2) is 5.58 Å². The van der Waals surface area contributed by atoms with E-state index in [9.17, 15) is 4.79 Å². The van der Waals surface area contributed by atoms with Crippen LogP contribution in [0.15, 0.2) is 47.0 Å². The zero-order valence-electron chi connectivity index (χ0n) is 14.2. The number of hydrogen-bond donors (Lipinski definition) is 1. The lowest BCUT2D eigenvalue weighted by Gasteiger charge is -2.15. The molecule has 6 heteroatoms. The second kappa shape index (κ2) is 7.36. The Bertz CT molecular complexity index is 874. The van der Waals surface area contributed by atoms with Gasteiger partial charge in [0.2, 0.25) is 0 Å². The number of nitrogens with zero attached hydrogens (tertiary/aromatic N) is 1. The van der Waals surface area contributed by atoms with Crippen molar-refractivity contribution in [2.75, 3.05) is 13.7 Å². The molecule has 1 atom stereocenters. The van der Waals surface area contributed by atoms with Crippen LogP contribution in [0.3, 0.4) is 0 Å². The molecule has 25 heavy (non-hydrogen) atoms. The van der Waals surface area contributed by atoms with Gasteiger partial charge in [0, 0.05) is 11.4 Å². The molecule has 3 rings (SSSR count). The minimum atomic E-state index is -0.534. The number of ether oxygens (including phenoxy) is 2. The Morgan fingerprint density at radius 2 is 2.00 bits per heavy atom. The number of benzene rings is 2. The summed E-state index contributed by atoms with van der Waals surface area (Å²) in [5.74, 6) is -0.160. The Hall–Kier alpha value is -2.86. The van der Waals surface area contributed by atoms with E-state index in [1.807, 2.05) is 43.3 Å². The number of carbonyl (C=O) groups is 1. The molecule has 2 N–H and O–H groups in total. The standard InChI is InChI=1S/C19H20N2O4/c1-12-15-8-9-16(17(19(22)23-2)18(15)25-21-12)24-11-14(20)10-13-6-4-3-5-7-13/h3-9,14H,10-11,20H2,1-2H3. The normalized spacial score (nSPS) is 12.1. The van der Waals surface area contributed by atoms with Gasteiger partial charge in [-0.2, -0.15) is 0 Å². The zero-order chi connectivity index (χ0) is 17.8. The van der Waals surface area contributed by atoms with Crippen LogP contribution in [-0.2, 0) is 11.2 Å². The number of carbonyl (C=O) groups excluding carboxylic acids is 1. The molecule has 0 aliphatic carbocycles. The average Bonchev–Trinajstić information content (AvgIpc) is 3.01. The molecule has 0 saturated heterocycles. The summed E-state index contributed by atoms with van der Waals surface area (Å²) in [7, 11) is 1.31. The van der Waals surface area contributed by atoms with Gasteiger partial charge in [0.25, 0.3) is 0 Å². The quantitative estimate of drug-likeness (QED) is 0.694. The third-order valence-corrected chi connectivity index (χ3v) is 3.97. The Kier molecular flexibility index (Phi) is 5.00. The van der Waals surface area contributed by atoms with Gasteiger partial charge in [-0.25, -0.2) is 4.79 Å². The Morgan fingerprint density at radius 1 is 1.24 bits per heavy atom. The number of fused-ring (bicyclic) bond motifs is 1. The van der Waals surface area contributed by atoms with Crippen LogP contribution < -0.4 is 10.5 Å². The molecule has 3 aromatic rings. The maximum atomic E-state index is 12.2. The fraction of sp³-hybridized carbons (Fsp3) is 0.263. The van der Waals surface area contributed by atoms with Crippen LogP contribution >= 0.6 is 0 Å². The molecule has 0 aliphatic heterocycles. The second-order valence-corrected chi connectivity index (χ2v) is 5.84. The van der Waals surface area contributed by atoms with Crippen molar-refractivity contribution >= 4 is 16.9 Å². The van der Waals surface area contributed by atoms with Crippen molar-refractivity contribution in [3.63, 3.8) is 0 Å². The van der Waals surface area contributed by atoms with Crippen LogP contribution in [0.2, 0.25) is 0 Å². The lowest BCUT2D eigenvalue weighted by Crippen LogP contribution is -2.30. The number of aromatic nitrogens is 1. The van der Waals surface area contributed by atoms with Gasteiger partial charge in [0.05, 0.1) is 12.8 Å². The summed E-state index contributed by atoms with van der Waals surface area (Å²) in [5.41, 5.74) is 8.57. The van der Waals surface area contributed by atoms with E-state index >= 15 is 0 Å². The molecule has 0 radical (unpaired) electrons. The fourth-order valence-electron chi connectivity index (χ4n) is 2.70. The number of aryl methyl sites for hydroxylation is 1. The van der Waals surface area contributed by atoms with Gasteiger partial charge in [-0.15, -0.1) is 0 Å². The molecule has 2 aromatic carbocycles. The summed E-state index contributed by atoms with van der Waals surface area (Å²) in [4.78, 5) is 12.2. The SMILES string of the molecule is COC(=O)c1c(OCC(N)Cc2ccccc2)ccc2c(C)noc12. The fourth-order valence-corrected chi connectivity index (χ4v) is 2.70. The monoisotopic (exact) mass is 340 g/mol. The molecular formula is C19H20N2O4. The summed E-state index contributed by atoms with van der Waals surface area (Å²) in [5, 5.41) is 4.65. The van der Waals surface area contributed by atoms with Crippen molar-refractivity contribution in [1.82, 2.24) is 5.16 Å². The molecule has 1 unspecified atom stereocenters. The first kappa shape index (κ1) is 17.0. The number of nitrogens with two attached hydrogens (primary N) is 1. The zero-order valence-corrected chi connectivity index (χ0v) is 14.2. The average molecular weight is 340 g/mol. The van der Waals surface area contributed by atoms with Crippen LogP contribution in [0.1, 0.15) is 21.6 Å². The van der Waals surface area contributed by atoms with Crippen LogP contribution in [-0.4, -0.2) is 30.9 Å². The highest BCUT2D eigenvalue weighted by Crippen LogP contribution is 2.30. The summed E-state index contributed by atoms with van der Waals surface area (Å²) < 4.78 is 15.9. The summed E-state index contributed by atoms with van der Waals surface area (Å²) in [6, 6.07) is 13.3. The van der Waals surface area contributed by atoms with Gasteiger partial charge in [-0.05, 0) is 31.0 Å². The highest BCUT2D eigenvalue weighted by Gasteiger charge is 2.22. The van der Waals surface area contributed by atoms with Gasteiger partial charge in [0.1, 0.15) is 17.9 Å². The van der Waals surface area contributed by atoms with E-state index in [2.05, 4.69) is 5.16 Å². The second-order valence-electron chi connectivity index (χ2n) is 5.84. The van der Waals surface area contributed by atoms with Gasteiger partial charge >= 0.3 is 5.97 Å². The van der Waals surface area contributed by atoms with Crippen LogP contribution in [0, 0.1) is 6.92 Å². The summed E-state index contributed by atoms with van der Waals surface area (Å²) in [6.07, 6.45) is 0.679. The van der Waals surface area contributed by atoms with E-state index in [0.29, 0.717) is 23.4 Å². The topological polar surface area (TPSA) is 87.6 Å². The van der Waals surface area contributed by atoms with Crippen molar-refractivity contribution in [2.24, 2.45) is 5.73 Å². The van der Waals surface area contributed by atoms with Crippen LogP contribution in [0.4, 0.5) is 0 Å². The van der Waals surface area contributed by atoms with Crippen molar-refractivity contribution < 1.29 is 18.8 Å². The Balaban J connectivity index is 1.80. The molecule has 6 nitrogen and oxygen atoms in total. The molecule has 130 valence electrons. The summed E-state index contributed by atoms with van der Waals surface area (Å²) in [6.45, 7) is 2.07. The summed E-state index contributed by atoms with van der Waals surface area (Å²) >= 11 is 0. The van der Waals surface area contributed by atoms with Crippen molar-refractivity contribution in [3.05, 3.63) is 59.3 Å². The third kappa shape index (κ3) is 3.64. The minimum absolute atomic E-state index is 0.208. The highest BCUT2D eigenvalue weighted by atomic mass is 16.5. The molecule has 0 amide bonds. The minimum Gasteiger partial charge on any atom is -0.491 e. The molecule has 0 spiro atoms. The lowest BCUT2D eigenvalue weighted by atomic mass is 10.1. The smallest absolute Gasteiger partial charge is 0.345 e. The largest absolute Gasteiger partial charge is 0.491 e. The van der Waals surface area contributed by atoms with Gasteiger partial charge in [-0.3, -0.25) is 0 Å². The molecule has 1 heterocycles. The number of rotatable bonds is 6. The van der Waals surface area contributed by atoms with E-state index in [0.717, 1.165) is 10.9 Å². The maximum absolute atomic E-state index is 12.2. The number of methoxy groups -OCH3 is 1. The van der Waals surface area contributed by atoms with Gasteiger partial charge < -0.3 is 19.7 Å². The molecule has 0 saturated carbocycles. The Labute approximate surface area is 145 Å². The van der Waals surface area contributed by atoms with Crippen molar-refractivity contribution in [2.45, 2.75) is 19.4 Å². The van der Waals surface area contributed by atoms with Gasteiger partial charge in [-0.1, -0.05) is 35.5 Å². The van der Waals surface area contributed by atoms with Crippen LogP contribution in [0.25, 0.3) is 11.0 Å². The van der Waals surface area contributed by atoms with Crippen LogP contribution in [0.5, 0.6) is 5.75 Å². The molecule has 0 bridgehead atoms. The lowest BCUT2D eigenvalue weighted by molar-refractivity contribution is 0.0596. The maximum Gasteiger partial charge on any atom is 0.345 e. The molecule has 0 fully saturated rings. The highest BCUT2D eigenvalue weighted by molar-refractivity contribution is 6.05.